The number of H-pyrrole nitrogens is 1. The first-order valence-electron chi connectivity index (χ1n) is 7.10. The quantitative estimate of drug-likeness (QED) is 0.657. The monoisotopic (exact) mass is 345 g/mol. The molecule has 0 aliphatic carbocycles. The highest BCUT2D eigenvalue weighted by Gasteiger charge is 2.19. The second-order valence-electron chi connectivity index (χ2n) is 5.19. The van der Waals surface area contributed by atoms with Gasteiger partial charge < -0.3 is 15.4 Å². The minimum absolute atomic E-state index is 0.223. The van der Waals surface area contributed by atoms with Crippen LogP contribution in [0.1, 0.15) is 21.7 Å². The second-order valence-corrected chi connectivity index (χ2v) is 6.13. The molecular weight excluding hydrogens is 330 g/mol. The normalized spacial score (nSPS) is 10.8. The van der Waals surface area contributed by atoms with Crippen LogP contribution in [0.3, 0.4) is 0 Å². The van der Waals surface area contributed by atoms with Crippen LogP contribution in [0.15, 0.2) is 28.5 Å². The Morgan fingerprint density at radius 3 is 2.92 bits per heavy atom. The predicted octanol–water partition coefficient (Wildman–Crippen LogP) is 1.18. The summed E-state index contributed by atoms with van der Waals surface area (Å²) in [5.41, 5.74) is 0.577. The lowest BCUT2D eigenvalue weighted by Gasteiger charge is -2.07. The zero-order valence-corrected chi connectivity index (χ0v) is 13.8. The molecule has 0 spiro atoms. The smallest absolute Gasteiger partial charge is 0.294 e. The second kappa shape index (κ2) is 6.28. The van der Waals surface area contributed by atoms with Gasteiger partial charge >= 0.3 is 0 Å². The number of nitrogens with one attached hydrogen (secondary N) is 2. The zero-order valence-electron chi connectivity index (χ0n) is 13.0. The van der Waals surface area contributed by atoms with Crippen molar-refractivity contribution >= 4 is 17.2 Å². The van der Waals surface area contributed by atoms with Gasteiger partial charge in [-0.15, -0.1) is 11.3 Å². The molecule has 9 heteroatoms. The summed E-state index contributed by atoms with van der Waals surface area (Å²) < 4.78 is 1.65. The number of nitrogens with zero attached hydrogens (tertiary/aromatic N) is 3. The molecule has 3 aromatic heterocycles. The third kappa shape index (κ3) is 3.06. The van der Waals surface area contributed by atoms with E-state index in [0.29, 0.717) is 4.88 Å². The highest BCUT2D eigenvalue weighted by Crippen LogP contribution is 2.21. The number of rotatable bonds is 4. The van der Waals surface area contributed by atoms with E-state index < -0.39 is 17.2 Å². The van der Waals surface area contributed by atoms with Crippen molar-refractivity contribution in [2.45, 2.75) is 13.5 Å². The molecule has 0 atom stereocenters. The molecule has 0 saturated carbocycles. The summed E-state index contributed by atoms with van der Waals surface area (Å²) in [6, 6.07) is 3.57. The van der Waals surface area contributed by atoms with Gasteiger partial charge in [-0.3, -0.25) is 14.3 Å². The molecule has 0 unspecified atom stereocenters. The van der Waals surface area contributed by atoms with E-state index in [-0.39, 0.29) is 18.1 Å². The van der Waals surface area contributed by atoms with Crippen LogP contribution in [0.5, 0.6) is 5.75 Å². The summed E-state index contributed by atoms with van der Waals surface area (Å²) in [4.78, 5) is 31.4. The van der Waals surface area contributed by atoms with Crippen LogP contribution in [-0.4, -0.2) is 30.8 Å². The molecular formula is C15H15N5O3S. The maximum absolute atomic E-state index is 12.3. The van der Waals surface area contributed by atoms with Crippen molar-refractivity contribution in [3.63, 3.8) is 0 Å². The van der Waals surface area contributed by atoms with Crippen molar-refractivity contribution in [2.75, 3.05) is 0 Å². The van der Waals surface area contributed by atoms with Crippen molar-refractivity contribution in [1.29, 1.82) is 0 Å². The lowest BCUT2D eigenvalue weighted by atomic mass is 10.2. The first-order valence-corrected chi connectivity index (χ1v) is 7.98. The van der Waals surface area contributed by atoms with E-state index in [2.05, 4.69) is 20.4 Å². The summed E-state index contributed by atoms with van der Waals surface area (Å²) in [5, 5.41) is 18.5. The average molecular weight is 345 g/mol. The van der Waals surface area contributed by atoms with Crippen LogP contribution in [0, 0.1) is 6.92 Å². The maximum atomic E-state index is 12.3. The van der Waals surface area contributed by atoms with Crippen LogP contribution in [0.2, 0.25) is 0 Å². The molecule has 0 bridgehead atoms. The van der Waals surface area contributed by atoms with E-state index in [1.807, 2.05) is 12.3 Å². The first kappa shape index (κ1) is 15.9. The summed E-state index contributed by atoms with van der Waals surface area (Å²) in [6.07, 6.45) is 1.79. The minimum atomic E-state index is -0.754. The third-order valence-corrected chi connectivity index (χ3v) is 4.30. The number of aromatic nitrogens is 4. The standard InChI is InChI=1S/C15H15N5O3S/c1-8-9(7-20(2)19-8)6-16-14(22)11-12(21)15(23)18-13(17-11)10-4-3-5-24-10/h3-5,7,21H,6H2,1-2H3,(H,16,22)(H,17,18,23). The Kier molecular flexibility index (Phi) is 4.17. The van der Waals surface area contributed by atoms with Crippen LogP contribution in [0.25, 0.3) is 10.7 Å². The summed E-state index contributed by atoms with van der Waals surface area (Å²) in [7, 11) is 1.79. The first-order chi connectivity index (χ1) is 11.5. The highest BCUT2D eigenvalue weighted by atomic mass is 32.1. The van der Waals surface area contributed by atoms with Crippen LogP contribution < -0.4 is 10.9 Å². The molecule has 0 aromatic carbocycles. The van der Waals surface area contributed by atoms with E-state index in [9.17, 15) is 14.7 Å². The Morgan fingerprint density at radius 1 is 1.50 bits per heavy atom. The van der Waals surface area contributed by atoms with E-state index in [0.717, 1.165) is 11.3 Å². The van der Waals surface area contributed by atoms with Crippen LogP contribution in [-0.2, 0) is 13.6 Å². The summed E-state index contributed by atoms with van der Waals surface area (Å²) in [6.45, 7) is 2.06. The molecule has 0 aliphatic rings. The SMILES string of the molecule is Cc1nn(C)cc1CNC(=O)c1nc(-c2cccs2)[nH]c(=O)c1O. The van der Waals surface area contributed by atoms with Gasteiger partial charge in [-0.2, -0.15) is 5.10 Å². The largest absolute Gasteiger partial charge is 0.501 e. The Hall–Kier alpha value is -2.94. The van der Waals surface area contributed by atoms with E-state index in [4.69, 9.17) is 0 Å². The van der Waals surface area contributed by atoms with Crippen LogP contribution in [0.4, 0.5) is 0 Å². The fourth-order valence-electron chi connectivity index (χ4n) is 2.24. The topological polar surface area (TPSA) is 113 Å². The molecule has 0 saturated heterocycles. The lowest BCUT2D eigenvalue weighted by Crippen LogP contribution is -2.26. The molecule has 24 heavy (non-hydrogen) atoms. The third-order valence-electron chi connectivity index (χ3n) is 3.42. The molecule has 124 valence electrons. The van der Waals surface area contributed by atoms with Gasteiger partial charge in [0.25, 0.3) is 11.5 Å². The van der Waals surface area contributed by atoms with Gasteiger partial charge in [-0.05, 0) is 18.4 Å². The predicted molar refractivity (Wildman–Crippen MR) is 89.0 cm³/mol. The number of hydrogen-bond donors (Lipinski definition) is 3. The van der Waals surface area contributed by atoms with Gasteiger partial charge in [0.05, 0.1) is 10.6 Å². The van der Waals surface area contributed by atoms with Gasteiger partial charge in [0.2, 0.25) is 5.75 Å². The lowest BCUT2D eigenvalue weighted by molar-refractivity contribution is 0.0942. The number of thiophene rings is 1. The number of carbonyl (C=O) groups is 1. The Labute approximate surface area is 140 Å². The maximum Gasteiger partial charge on any atom is 0.294 e. The highest BCUT2D eigenvalue weighted by molar-refractivity contribution is 7.13. The molecule has 8 nitrogen and oxygen atoms in total. The van der Waals surface area contributed by atoms with Crippen molar-refractivity contribution < 1.29 is 9.90 Å². The summed E-state index contributed by atoms with van der Waals surface area (Å²) in [5.74, 6) is -1.08. The zero-order chi connectivity index (χ0) is 17.3. The average Bonchev–Trinajstić information content (AvgIpc) is 3.17. The van der Waals surface area contributed by atoms with Gasteiger partial charge in [-0.25, -0.2) is 4.98 Å². The van der Waals surface area contributed by atoms with Crippen molar-refractivity contribution in [3.8, 4) is 16.5 Å². The van der Waals surface area contributed by atoms with Gasteiger partial charge in [0.1, 0.15) is 0 Å². The Balaban J connectivity index is 1.86. The number of aromatic hydroxyl groups is 1. The fourth-order valence-corrected chi connectivity index (χ4v) is 2.91. The van der Waals surface area contributed by atoms with Gasteiger partial charge in [0, 0.05) is 25.4 Å². The van der Waals surface area contributed by atoms with Gasteiger partial charge in [0.15, 0.2) is 11.5 Å². The molecule has 3 N–H and O–H groups in total. The van der Waals surface area contributed by atoms with Crippen molar-refractivity contribution in [1.82, 2.24) is 25.1 Å². The van der Waals surface area contributed by atoms with Crippen molar-refractivity contribution in [3.05, 3.63) is 51.0 Å². The van der Waals surface area contributed by atoms with Crippen molar-refractivity contribution in [2.24, 2.45) is 7.05 Å². The molecule has 0 fully saturated rings. The number of amides is 1. The Morgan fingerprint density at radius 2 is 2.29 bits per heavy atom. The number of aromatic amines is 1. The number of carbonyl (C=O) groups excluding carboxylic acids is 1. The molecule has 3 heterocycles. The fraction of sp³-hybridized carbons (Fsp3) is 0.200. The van der Waals surface area contributed by atoms with E-state index in [1.165, 1.54) is 11.3 Å². The molecule has 3 aromatic rings. The van der Waals surface area contributed by atoms with E-state index in [1.54, 1.807) is 30.1 Å². The molecule has 1 amide bonds. The van der Waals surface area contributed by atoms with E-state index >= 15 is 0 Å². The minimum Gasteiger partial charge on any atom is -0.501 e. The molecule has 3 rings (SSSR count). The molecule has 0 aliphatic heterocycles. The number of hydrogen-bond acceptors (Lipinski definition) is 6. The van der Waals surface area contributed by atoms with Gasteiger partial charge in [-0.1, -0.05) is 6.07 Å². The summed E-state index contributed by atoms with van der Waals surface area (Å²) >= 11 is 1.37. The number of aryl methyl sites for hydroxylation is 2. The Bertz CT molecular complexity index is 943. The van der Waals surface area contributed by atoms with Crippen LogP contribution >= 0.6 is 11.3 Å². The molecule has 0 radical (unpaired) electrons.